The Morgan fingerprint density at radius 3 is 2.61 bits per heavy atom. The van der Waals surface area contributed by atoms with Crippen LogP contribution in [0.2, 0.25) is 10.0 Å². The van der Waals surface area contributed by atoms with E-state index in [1.807, 2.05) is 0 Å². The van der Waals surface area contributed by atoms with E-state index in [0.717, 1.165) is 0 Å². The van der Waals surface area contributed by atoms with Gasteiger partial charge in [0.1, 0.15) is 0 Å². The summed E-state index contributed by atoms with van der Waals surface area (Å²) in [5.41, 5.74) is 0.361. The molecule has 2 N–H and O–H groups in total. The van der Waals surface area contributed by atoms with Crippen LogP contribution in [-0.4, -0.2) is 38.3 Å². The normalized spacial score (nSPS) is 19.3. The largest absolute Gasteiger partial charge is 0.347 e. The molecule has 2 rings (SSSR count). The highest BCUT2D eigenvalue weighted by Gasteiger charge is 2.29. The van der Waals surface area contributed by atoms with Crippen molar-refractivity contribution in [1.29, 1.82) is 0 Å². The van der Waals surface area contributed by atoms with Gasteiger partial charge in [0, 0.05) is 11.4 Å². The number of carbonyl (C=O) groups is 2. The summed E-state index contributed by atoms with van der Waals surface area (Å²) in [5.74, 6) is -0.810. The number of hydrogen-bond donors (Lipinski definition) is 2. The van der Waals surface area contributed by atoms with Gasteiger partial charge in [-0.15, -0.1) is 0 Å². The Morgan fingerprint density at radius 1 is 1.22 bits per heavy atom. The lowest BCUT2D eigenvalue weighted by Crippen LogP contribution is -2.34. The van der Waals surface area contributed by atoms with Gasteiger partial charge in [-0.05, 0) is 30.5 Å². The summed E-state index contributed by atoms with van der Waals surface area (Å²) in [4.78, 5) is 23.6. The minimum Gasteiger partial charge on any atom is -0.347 e. The van der Waals surface area contributed by atoms with Crippen molar-refractivity contribution in [2.75, 3.05) is 23.4 Å². The van der Waals surface area contributed by atoms with Crippen LogP contribution in [-0.2, 0) is 19.4 Å². The van der Waals surface area contributed by atoms with E-state index < -0.39 is 15.7 Å². The molecule has 1 aromatic rings. The fraction of sp³-hybridized carbons (Fsp3) is 0.429. The molecule has 0 saturated carbocycles. The Hall–Kier alpha value is -1.31. The van der Waals surface area contributed by atoms with Gasteiger partial charge in [0.2, 0.25) is 11.8 Å². The van der Waals surface area contributed by atoms with E-state index in [0.29, 0.717) is 22.2 Å². The molecule has 2 amide bonds. The molecular formula is C14H16Cl2N2O4S. The van der Waals surface area contributed by atoms with Crippen LogP contribution in [0.4, 0.5) is 5.69 Å². The van der Waals surface area contributed by atoms with Gasteiger partial charge in [0.05, 0.1) is 28.8 Å². The first kappa shape index (κ1) is 18.0. The van der Waals surface area contributed by atoms with Crippen molar-refractivity contribution in [3.05, 3.63) is 28.2 Å². The van der Waals surface area contributed by atoms with Crippen LogP contribution in [0.15, 0.2) is 18.2 Å². The first-order chi connectivity index (χ1) is 10.7. The van der Waals surface area contributed by atoms with E-state index in [-0.39, 0.29) is 36.3 Å². The Bertz CT molecular complexity index is 721. The van der Waals surface area contributed by atoms with E-state index in [2.05, 4.69) is 10.6 Å². The molecule has 1 fully saturated rings. The second-order valence-corrected chi connectivity index (χ2v) is 8.49. The SMILES string of the molecule is O=C(C[C@@H]1CCS(=O)(=O)C1)NCC(=O)Nc1cc(Cl)ccc1Cl. The molecule has 6 nitrogen and oxygen atoms in total. The van der Waals surface area contributed by atoms with Gasteiger partial charge in [-0.3, -0.25) is 9.59 Å². The third-order valence-electron chi connectivity index (χ3n) is 3.45. The van der Waals surface area contributed by atoms with Crippen LogP contribution in [0, 0.1) is 5.92 Å². The van der Waals surface area contributed by atoms with Crippen LogP contribution in [0.1, 0.15) is 12.8 Å². The molecule has 1 aliphatic rings. The van der Waals surface area contributed by atoms with Crippen LogP contribution < -0.4 is 10.6 Å². The average molecular weight is 379 g/mol. The van der Waals surface area contributed by atoms with Gasteiger partial charge in [0.15, 0.2) is 9.84 Å². The third kappa shape index (κ3) is 5.67. The van der Waals surface area contributed by atoms with Crippen molar-refractivity contribution >= 4 is 50.5 Å². The maximum atomic E-state index is 11.8. The van der Waals surface area contributed by atoms with E-state index in [1.165, 1.54) is 6.07 Å². The van der Waals surface area contributed by atoms with Gasteiger partial charge in [0.25, 0.3) is 0 Å². The number of hydrogen-bond acceptors (Lipinski definition) is 4. The standard InChI is InChI=1S/C14H16Cl2N2O4S/c15-10-1-2-11(16)12(6-10)18-14(20)7-17-13(19)5-9-3-4-23(21,22)8-9/h1-2,6,9H,3-5,7-8H2,(H,17,19)(H,18,20)/t9-/m0/s1. The number of nitrogens with one attached hydrogen (secondary N) is 2. The second-order valence-electron chi connectivity index (χ2n) is 5.42. The highest BCUT2D eigenvalue weighted by Crippen LogP contribution is 2.25. The number of halogens is 2. The Labute approximate surface area is 144 Å². The molecule has 0 radical (unpaired) electrons. The zero-order chi connectivity index (χ0) is 17.0. The molecule has 1 heterocycles. The summed E-state index contributed by atoms with van der Waals surface area (Å²) in [6.07, 6.45) is 0.588. The summed E-state index contributed by atoms with van der Waals surface area (Å²) in [5, 5.41) is 5.78. The molecule has 1 saturated heterocycles. The Morgan fingerprint density at radius 2 is 1.96 bits per heavy atom. The summed E-state index contributed by atoms with van der Waals surface area (Å²) >= 11 is 11.7. The van der Waals surface area contributed by atoms with Gasteiger partial charge < -0.3 is 10.6 Å². The van der Waals surface area contributed by atoms with Crippen molar-refractivity contribution < 1.29 is 18.0 Å². The molecule has 0 aliphatic carbocycles. The van der Waals surface area contributed by atoms with E-state index in [1.54, 1.807) is 12.1 Å². The topological polar surface area (TPSA) is 92.3 Å². The highest BCUT2D eigenvalue weighted by atomic mass is 35.5. The number of anilines is 1. The monoisotopic (exact) mass is 378 g/mol. The predicted octanol–water partition coefficient (Wildman–Crippen LogP) is 1.87. The molecule has 1 aliphatic heterocycles. The van der Waals surface area contributed by atoms with Crippen LogP contribution >= 0.6 is 23.2 Å². The maximum Gasteiger partial charge on any atom is 0.243 e. The average Bonchev–Trinajstić information content (AvgIpc) is 2.79. The number of amides is 2. The van der Waals surface area contributed by atoms with Crippen molar-refractivity contribution in [2.24, 2.45) is 5.92 Å². The molecule has 0 unspecified atom stereocenters. The fourth-order valence-corrected chi connectivity index (χ4v) is 4.53. The molecule has 1 atom stereocenters. The molecule has 126 valence electrons. The summed E-state index contributed by atoms with van der Waals surface area (Å²) in [7, 11) is -3.01. The Kier molecular flexibility index (Phi) is 5.89. The van der Waals surface area contributed by atoms with E-state index in [9.17, 15) is 18.0 Å². The van der Waals surface area contributed by atoms with Gasteiger partial charge >= 0.3 is 0 Å². The zero-order valence-electron chi connectivity index (χ0n) is 12.1. The summed E-state index contributed by atoms with van der Waals surface area (Å²) in [6, 6.07) is 4.66. The maximum absolute atomic E-state index is 11.8. The second kappa shape index (κ2) is 7.51. The Balaban J connectivity index is 1.78. The quantitative estimate of drug-likeness (QED) is 0.817. The van der Waals surface area contributed by atoms with Crippen molar-refractivity contribution in [2.45, 2.75) is 12.8 Å². The first-order valence-corrected chi connectivity index (χ1v) is 9.55. The molecule has 23 heavy (non-hydrogen) atoms. The molecule has 0 aromatic heterocycles. The lowest BCUT2D eigenvalue weighted by atomic mass is 10.1. The van der Waals surface area contributed by atoms with Crippen LogP contribution in [0.5, 0.6) is 0 Å². The molecular weight excluding hydrogens is 363 g/mol. The number of carbonyl (C=O) groups excluding carboxylic acids is 2. The lowest BCUT2D eigenvalue weighted by molar-refractivity contribution is -0.124. The lowest BCUT2D eigenvalue weighted by Gasteiger charge is -2.10. The van der Waals surface area contributed by atoms with E-state index >= 15 is 0 Å². The molecule has 9 heteroatoms. The molecule has 0 spiro atoms. The van der Waals surface area contributed by atoms with Crippen molar-refractivity contribution in [1.82, 2.24) is 5.32 Å². The summed E-state index contributed by atoms with van der Waals surface area (Å²) in [6.45, 7) is -0.221. The van der Waals surface area contributed by atoms with Crippen molar-refractivity contribution in [3.8, 4) is 0 Å². The first-order valence-electron chi connectivity index (χ1n) is 6.97. The van der Waals surface area contributed by atoms with Crippen molar-refractivity contribution in [3.63, 3.8) is 0 Å². The highest BCUT2D eigenvalue weighted by molar-refractivity contribution is 7.91. The summed E-state index contributed by atoms with van der Waals surface area (Å²) < 4.78 is 22.7. The molecule has 0 bridgehead atoms. The number of benzene rings is 1. The minimum absolute atomic E-state index is 0.0325. The van der Waals surface area contributed by atoms with Gasteiger partial charge in [-0.2, -0.15) is 0 Å². The van der Waals surface area contributed by atoms with Crippen LogP contribution in [0.25, 0.3) is 0 Å². The molecule has 1 aromatic carbocycles. The zero-order valence-corrected chi connectivity index (χ0v) is 14.5. The number of rotatable bonds is 5. The smallest absolute Gasteiger partial charge is 0.243 e. The third-order valence-corrected chi connectivity index (χ3v) is 5.85. The number of sulfone groups is 1. The predicted molar refractivity (Wildman–Crippen MR) is 89.5 cm³/mol. The van der Waals surface area contributed by atoms with E-state index in [4.69, 9.17) is 23.2 Å². The fourth-order valence-electron chi connectivity index (χ4n) is 2.33. The van der Waals surface area contributed by atoms with Gasteiger partial charge in [-0.1, -0.05) is 23.2 Å². The van der Waals surface area contributed by atoms with Gasteiger partial charge in [-0.25, -0.2) is 8.42 Å². The minimum atomic E-state index is -3.01. The van der Waals surface area contributed by atoms with Crippen LogP contribution in [0.3, 0.4) is 0 Å².